The van der Waals surface area contributed by atoms with Crippen LogP contribution in [0.5, 0.6) is 0 Å². The van der Waals surface area contributed by atoms with Gasteiger partial charge in [0, 0.05) is 0 Å². The molecule has 0 unspecified atom stereocenters. The van der Waals surface area contributed by atoms with Gasteiger partial charge in [-0.05, 0) is 0 Å². The molecule has 0 aliphatic rings. The molecule has 0 nitrogen and oxygen atoms in total. The number of unbranched alkanes of at least 4 members (excludes halogenated alkanes) is 1. The molecule has 0 bridgehead atoms. The molecule has 0 radical (unpaired) electrons. The van der Waals surface area contributed by atoms with Gasteiger partial charge >= 0.3 is 34.2 Å². The Morgan fingerprint density at radius 2 is 1.71 bits per heavy atom. The standard InChI is InChI=1S/C4H9.Al.ClH.Li.2H/c1-3-4-2;;;;;/h1,3-4H2,2H3;;1H;;;/q-1;+1;;+1;;/p-1. The fourth-order valence-corrected chi connectivity index (χ4v) is 0. The Bertz CT molecular complexity index is 13.7. The second-order valence-corrected chi connectivity index (χ2v) is 0.854. The van der Waals surface area contributed by atoms with Gasteiger partial charge in [-0.3, -0.25) is 10.0 Å². The average Bonchev–Trinajstić information content (AvgIpc) is 1.72. The van der Waals surface area contributed by atoms with Crippen molar-refractivity contribution in [3.05, 3.63) is 6.92 Å². The summed E-state index contributed by atoms with van der Waals surface area (Å²) in [7, 11) is 4.78. The minimum absolute atomic E-state index is 0. The maximum absolute atomic E-state index is 4.78. The van der Waals surface area contributed by atoms with E-state index in [-0.39, 0.29) is 18.9 Å². The molecule has 0 saturated heterocycles. The van der Waals surface area contributed by atoms with Gasteiger partial charge < -0.3 is 6.92 Å². The summed E-state index contributed by atoms with van der Waals surface area (Å²) in [6.07, 6.45) is 2.28. The van der Waals surface area contributed by atoms with Crippen LogP contribution in [0.15, 0.2) is 0 Å². The zero-order chi connectivity index (χ0) is 5.41. The van der Waals surface area contributed by atoms with Gasteiger partial charge in [-0.15, -0.1) is 0 Å². The third kappa shape index (κ3) is 37.2. The normalized spacial score (nSPS) is 5.00. The molecular formula is C4H11AlClLi. The zero-order valence-corrected chi connectivity index (χ0v) is 8.26. The minimum atomic E-state index is 0. The Hall–Kier alpha value is 1.42. The summed E-state index contributed by atoms with van der Waals surface area (Å²) < 4.78 is 0. The summed E-state index contributed by atoms with van der Waals surface area (Å²) in [4.78, 5) is 0. The largest absolute Gasteiger partial charge is 1.00 e. The van der Waals surface area contributed by atoms with Crippen LogP contribution in [0.1, 0.15) is 19.8 Å². The molecule has 0 aromatic carbocycles. The molecule has 0 spiro atoms. The van der Waals surface area contributed by atoms with E-state index in [1.54, 1.807) is 0 Å². The van der Waals surface area contributed by atoms with Crippen molar-refractivity contribution in [1.29, 1.82) is 0 Å². The smallest absolute Gasteiger partial charge is 0.343 e. The van der Waals surface area contributed by atoms with Gasteiger partial charge in [-0.1, -0.05) is 13.3 Å². The van der Waals surface area contributed by atoms with Crippen molar-refractivity contribution < 1.29 is 18.9 Å². The fraction of sp³-hybridized carbons (Fsp3) is 0.750. The van der Waals surface area contributed by atoms with Crippen molar-refractivity contribution >= 4 is 25.4 Å². The predicted molar refractivity (Wildman–Crippen MR) is 34.7 cm³/mol. The summed E-state index contributed by atoms with van der Waals surface area (Å²) in [5.41, 5.74) is 0. The van der Waals surface area contributed by atoms with Crippen LogP contribution >= 0.6 is 10.0 Å². The van der Waals surface area contributed by atoms with Gasteiger partial charge in [0.05, 0.1) is 0 Å². The average molecular weight is 129 g/mol. The van der Waals surface area contributed by atoms with E-state index < -0.39 is 0 Å². The van der Waals surface area contributed by atoms with Crippen LogP contribution in [-0.4, -0.2) is 15.4 Å². The molecule has 3 heteroatoms. The van der Waals surface area contributed by atoms with Crippen LogP contribution in [0.2, 0.25) is 0 Å². The van der Waals surface area contributed by atoms with Gasteiger partial charge in [-0.2, -0.15) is 6.42 Å². The maximum atomic E-state index is 4.78. The summed E-state index contributed by atoms with van der Waals surface area (Å²) in [6.45, 7) is 5.72. The van der Waals surface area contributed by atoms with E-state index in [9.17, 15) is 0 Å². The van der Waals surface area contributed by atoms with Gasteiger partial charge in [0.1, 0.15) is 0 Å². The predicted octanol–water partition coefficient (Wildman–Crippen LogP) is -1.60. The van der Waals surface area contributed by atoms with E-state index in [4.69, 9.17) is 10.0 Å². The van der Waals surface area contributed by atoms with Crippen molar-refractivity contribution in [2.75, 3.05) is 0 Å². The Kier molecular flexibility index (Phi) is 58.9. The number of hydrogen-bond acceptors (Lipinski definition) is 0. The van der Waals surface area contributed by atoms with Crippen molar-refractivity contribution in [3.8, 4) is 0 Å². The first-order chi connectivity index (χ1) is 2.91. The Labute approximate surface area is 70.8 Å². The summed E-state index contributed by atoms with van der Waals surface area (Å²) in [5.74, 6) is 0. The van der Waals surface area contributed by atoms with Crippen LogP contribution in [0.25, 0.3) is 0 Å². The molecule has 0 saturated carbocycles. The van der Waals surface area contributed by atoms with E-state index in [1.165, 1.54) is 6.42 Å². The molecule has 0 rings (SSSR count). The van der Waals surface area contributed by atoms with Crippen LogP contribution in [0.4, 0.5) is 0 Å². The molecule has 0 amide bonds. The molecule has 0 aliphatic heterocycles. The quantitative estimate of drug-likeness (QED) is 0.295. The number of hydrogen-bond donors (Lipinski definition) is 0. The Balaban J connectivity index is -0.0000000480. The van der Waals surface area contributed by atoms with E-state index in [0.717, 1.165) is 21.8 Å². The van der Waals surface area contributed by atoms with Gasteiger partial charge in [-0.25, -0.2) is 0 Å². The summed E-state index contributed by atoms with van der Waals surface area (Å²) >= 11 is 0.778. The molecule has 0 N–H and O–H groups in total. The van der Waals surface area contributed by atoms with E-state index in [0.29, 0.717) is 0 Å². The Morgan fingerprint density at radius 1 is 1.57 bits per heavy atom. The van der Waals surface area contributed by atoms with Crippen LogP contribution in [-0.2, 0) is 0 Å². The molecule has 0 heterocycles. The topological polar surface area (TPSA) is 0 Å². The van der Waals surface area contributed by atoms with E-state index >= 15 is 0 Å². The molecular weight excluding hydrogens is 117 g/mol. The molecule has 0 atom stereocenters. The second-order valence-electron chi connectivity index (χ2n) is 0.854. The van der Waals surface area contributed by atoms with Gasteiger partial charge in [0.25, 0.3) is 0 Å². The van der Waals surface area contributed by atoms with Crippen molar-refractivity contribution in [1.82, 2.24) is 0 Å². The third-order valence-corrected chi connectivity index (χ3v) is 0.354. The van der Waals surface area contributed by atoms with Crippen LogP contribution in [0, 0.1) is 6.92 Å². The Morgan fingerprint density at radius 3 is 1.71 bits per heavy atom. The van der Waals surface area contributed by atoms with Crippen LogP contribution in [0.3, 0.4) is 0 Å². The van der Waals surface area contributed by atoms with Crippen molar-refractivity contribution in [3.63, 3.8) is 0 Å². The molecule has 38 valence electrons. The van der Waals surface area contributed by atoms with E-state index in [1.807, 2.05) is 0 Å². The first-order valence-electron chi connectivity index (χ1n) is 2.09. The summed E-state index contributed by atoms with van der Waals surface area (Å²) in [6, 6.07) is 0. The third-order valence-electron chi connectivity index (χ3n) is 0.354. The molecule has 0 fully saturated rings. The van der Waals surface area contributed by atoms with E-state index in [2.05, 4.69) is 13.8 Å². The molecule has 7 heavy (non-hydrogen) atoms. The first kappa shape index (κ1) is 15.8. The summed E-state index contributed by atoms with van der Waals surface area (Å²) in [5, 5.41) is 0. The van der Waals surface area contributed by atoms with Crippen molar-refractivity contribution in [2.45, 2.75) is 19.8 Å². The second kappa shape index (κ2) is 26.1. The fourth-order valence-electron chi connectivity index (χ4n) is 0. The monoisotopic (exact) mass is 128 g/mol. The number of halogens is 1. The van der Waals surface area contributed by atoms with Crippen molar-refractivity contribution in [2.24, 2.45) is 0 Å². The SMILES string of the molecule is [AlH2][Cl].[CH2-]CCC.[Li+]. The minimum Gasteiger partial charge on any atom is -0.343 e. The maximum Gasteiger partial charge on any atom is 1.00 e. The van der Waals surface area contributed by atoms with Crippen LogP contribution < -0.4 is 18.9 Å². The van der Waals surface area contributed by atoms with Gasteiger partial charge in [0.15, 0.2) is 0 Å². The number of rotatable bonds is 1. The molecule has 0 aromatic heterocycles. The van der Waals surface area contributed by atoms with Gasteiger partial charge in [0.2, 0.25) is 0 Å². The zero-order valence-electron chi connectivity index (χ0n) is 5.50. The molecule has 0 aliphatic carbocycles. The first-order valence-corrected chi connectivity index (χ1v) is 5.11. The molecule has 0 aromatic rings.